The molecule has 130 valence electrons. The molecule has 1 fully saturated rings. The maximum atomic E-state index is 13.4. The van der Waals surface area contributed by atoms with Crippen LogP contribution in [0.2, 0.25) is 0 Å². The molecule has 26 heavy (non-hydrogen) atoms. The van der Waals surface area contributed by atoms with Gasteiger partial charge in [0.2, 0.25) is 5.43 Å². The summed E-state index contributed by atoms with van der Waals surface area (Å²) < 4.78 is 8.07. The van der Waals surface area contributed by atoms with Crippen LogP contribution in [0.1, 0.15) is 31.7 Å². The number of nitrogens with zero attached hydrogens (tertiary/aromatic N) is 2. The summed E-state index contributed by atoms with van der Waals surface area (Å²) in [5.74, 6) is 1.08. The molecule has 3 aromatic heterocycles. The Balaban J connectivity index is 1.94. The number of hydrogen-bond donors (Lipinski definition) is 0. The first-order valence-corrected chi connectivity index (χ1v) is 9.57. The van der Waals surface area contributed by atoms with E-state index < -0.39 is 0 Å². The quantitative estimate of drug-likeness (QED) is 0.496. The van der Waals surface area contributed by atoms with Gasteiger partial charge in [0.1, 0.15) is 10.2 Å². The molecule has 0 spiro atoms. The lowest BCUT2D eigenvalue weighted by atomic mass is 10.2. The molecule has 0 bridgehead atoms. The molecule has 1 aliphatic carbocycles. The number of aromatic nitrogens is 2. The van der Waals surface area contributed by atoms with E-state index in [1.54, 1.807) is 23.0 Å². The van der Waals surface area contributed by atoms with Gasteiger partial charge in [-0.2, -0.15) is 0 Å². The van der Waals surface area contributed by atoms with Gasteiger partial charge in [-0.15, -0.1) is 11.3 Å². The normalized spacial score (nSPS) is 15.2. The zero-order chi connectivity index (χ0) is 17.7. The minimum Gasteiger partial charge on any atom is -0.461 e. The van der Waals surface area contributed by atoms with Crippen LogP contribution in [0.5, 0.6) is 0 Å². The molecule has 1 aromatic carbocycles. The second kappa shape index (κ2) is 5.92. The van der Waals surface area contributed by atoms with Crippen LogP contribution in [0.3, 0.4) is 0 Å². The van der Waals surface area contributed by atoms with E-state index in [0.717, 1.165) is 30.4 Å². The van der Waals surface area contributed by atoms with Crippen LogP contribution >= 0.6 is 11.3 Å². The molecule has 0 atom stereocenters. The van der Waals surface area contributed by atoms with Gasteiger partial charge in [0.05, 0.1) is 6.26 Å². The minimum absolute atomic E-state index is 0.0652. The van der Waals surface area contributed by atoms with Crippen LogP contribution in [0.4, 0.5) is 0 Å². The van der Waals surface area contributed by atoms with Crippen molar-refractivity contribution in [2.75, 3.05) is 0 Å². The van der Waals surface area contributed by atoms with Crippen molar-refractivity contribution in [3.05, 3.63) is 63.2 Å². The lowest BCUT2D eigenvalue weighted by molar-refractivity contribution is 0.491. The van der Waals surface area contributed by atoms with E-state index in [2.05, 4.69) is 0 Å². The van der Waals surface area contributed by atoms with E-state index in [0.29, 0.717) is 21.8 Å². The topological polar surface area (TPSA) is 65.1 Å². The average Bonchev–Trinajstić information content (AvgIpc) is 3.35. The fourth-order valence-corrected chi connectivity index (χ4v) is 4.88. The summed E-state index contributed by atoms with van der Waals surface area (Å²) in [6.45, 7) is 0. The Morgan fingerprint density at radius 2 is 1.88 bits per heavy atom. The summed E-state index contributed by atoms with van der Waals surface area (Å²) in [4.78, 5) is 31.6. The van der Waals surface area contributed by atoms with Gasteiger partial charge in [-0.1, -0.05) is 25.0 Å². The smallest absolute Gasteiger partial charge is 0.266 e. The SMILES string of the molecule is O=c1c2ccccc2sc2nc(-c3ccco3)n(C3CCCC3)c(=O)c12. The Hall–Kier alpha value is -2.73. The van der Waals surface area contributed by atoms with E-state index in [1.165, 1.54) is 11.3 Å². The molecule has 5 nitrogen and oxygen atoms in total. The monoisotopic (exact) mass is 364 g/mol. The van der Waals surface area contributed by atoms with E-state index >= 15 is 0 Å². The summed E-state index contributed by atoms with van der Waals surface area (Å²) in [7, 11) is 0. The van der Waals surface area contributed by atoms with Crippen molar-refractivity contribution < 1.29 is 4.42 Å². The molecule has 1 saturated carbocycles. The summed E-state index contributed by atoms with van der Waals surface area (Å²) in [5.41, 5.74) is -0.482. The molecule has 0 aliphatic heterocycles. The maximum absolute atomic E-state index is 13.4. The first-order valence-electron chi connectivity index (χ1n) is 8.76. The summed E-state index contributed by atoms with van der Waals surface area (Å²) >= 11 is 1.38. The number of benzene rings is 1. The van der Waals surface area contributed by atoms with Gasteiger partial charge in [-0.25, -0.2) is 4.98 Å². The molecule has 4 aromatic rings. The standard InChI is InChI=1S/C20H16N2O3S/c23-17-13-8-3-4-10-15(13)26-19-16(17)20(24)22(12-6-1-2-7-12)18(21-19)14-9-5-11-25-14/h3-5,8-12H,1-2,6-7H2. The third kappa shape index (κ3) is 2.25. The lowest BCUT2D eigenvalue weighted by Crippen LogP contribution is -2.29. The Bertz CT molecular complexity index is 1230. The molecule has 0 radical (unpaired) electrons. The Kier molecular flexibility index (Phi) is 3.53. The van der Waals surface area contributed by atoms with Crippen LogP contribution in [-0.4, -0.2) is 9.55 Å². The maximum Gasteiger partial charge on any atom is 0.266 e. The van der Waals surface area contributed by atoms with Gasteiger partial charge in [0, 0.05) is 16.1 Å². The van der Waals surface area contributed by atoms with Crippen LogP contribution < -0.4 is 11.0 Å². The van der Waals surface area contributed by atoms with Gasteiger partial charge in [0.15, 0.2) is 11.6 Å². The van der Waals surface area contributed by atoms with Crippen molar-refractivity contribution >= 4 is 31.6 Å². The Labute approximate surface area is 152 Å². The number of fused-ring (bicyclic) bond motifs is 2. The third-order valence-electron chi connectivity index (χ3n) is 5.08. The first kappa shape index (κ1) is 15.5. The highest BCUT2D eigenvalue weighted by atomic mass is 32.1. The fraction of sp³-hybridized carbons (Fsp3) is 0.250. The van der Waals surface area contributed by atoms with E-state index in [1.807, 2.05) is 24.3 Å². The zero-order valence-corrected chi connectivity index (χ0v) is 14.8. The molecule has 1 aliphatic rings. The highest BCUT2D eigenvalue weighted by Crippen LogP contribution is 2.33. The lowest BCUT2D eigenvalue weighted by Gasteiger charge is -2.17. The fourth-order valence-electron chi connectivity index (χ4n) is 3.85. The summed E-state index contributed by atoms with van der Waals surface area (Å²) in [6.07, 6.45) is 5.58. The number of rotatable bonds is 2. The molecule has 3 heterocycles. The molecule has 6 heteroatoms. The van der Waals surface area contributed by atoms with Crippen molar-refractivity contribution in [1.82, 2.24) is 9.55 Å². The predicted octanol–water partition coefficient (Wildman–Crippen LogP) is 4.35. The van der Waals surface area contributed by atoms with Gasteiger partial charge in [0.25, 0.3) is 5.56 Å². The molecule has 0 saturated heterocycles. The van der Waals surface area contributed by atoms with Crippen molar-refractivity contribution in [1.29, 1.82) is 0 Å². The van der Waals surface area contributed by atoms with Crippen molar-refractivity contribution in [2.24, 2.45) is 0 Å². The third-order valence-corrected chi connectivity index (χ3v) is 6.14. The zero-order valence-electron chi connectivity index (χ0n) is 14.0. The van der Waals surface area contributed by atoms with Crippen molar-refractivity contribution in [3.63, 3.8) is 0 Å². The summed E-state index contributed by atoms with van der Waals surface area (Å²) in [6, 6.07) is 11.0. The molecule has 0 N–H and O–H groups in total. The molecule has 5 rings (SSSR count). The first-order chi connectivity index (χ1) is 12.7. The second-order valence-corrected chi connectivity index (χ2v) is 7.66. The van der Waals surface area contributed by atoms with Gasteiger partial charge in [-0.05, 0) is 37.1 Å². The van der Waals surface area contributed by atoms with Crippen LogP contribution in [0, 0.1) is 0 Å². The average molecular weight is 364 g/mol. The number of hydrogen-bond acceptors (Lipinski definition) is 5. The van der Waals surface area contributed by atoms with Gasteiger partial charge in [-0.3, -0.25) is 14.2 Å². The van der Waals surface area contributed by atoms with E-state index in [-0.39, 0.29) is 22.4 Å². The van der Waals surface area contributed by atoms with Crippen molar-refractivity contribution in [3.8, 4) is 11.6 Å². The van der Waals surface area contributed by atoms with Gasteiger partial charge >= 0.3 is 0 Å². The van der Waals surface area contributed by atoms with Crippen molar-refractivity contribution in [2.45, 2.75) is 31.7 Å². The Morgan fingerprint density at radius 1 is 1.08 bits per heavy atom. The van der Waals surface area contributed by atoms with E-state index in [4.69, 9.17) is 9.40 Å². The summed E-state index contributed by atoms with van der Waals surface area (Å²) in [5, 5.41) is 0.767. The largest absolute Gasteiger partial charge is 0.461 e. The Morgan fingerprint density at radius 3 is 2.65 bits per heavy atom. The molecular weight excluding hydrogens is 348 g/mol. The van der Waals surface area contributed by atoms with Crippen LogP contribution in [-0.2, 0) is 0 Å². The second-order valence-electron chi connectivity index (χ2n) is 6.63. The highest BCUT2D eigenvalue weighted by molar-refractivity contribution is 7.24. The predicted molar refractivity (Wildman–Crippen MR) is 103 cm³/mol. The highest BCUT2D eigenvalue weighted by Gasteiger charge is 2.26. The van der Waals surface area contributed by atoms with E-state index in [9.17, 15) is 9.59 Å². The molecule has 0 unspecified atom stereocenters. The molecule has 0 amide bonds. The van der Waals surface area contributed by atoms with Gasteiger partial charge < -0.3 is 4.42 Å². The minimum atomic E-state index is -0.250. The van der Waals surface area contributed by atoms with Crippen LogP contribution in [0.15, 0.2) is 56.7 Å². The van der Waals surface area contributed by atoms with Crippen LogP contribution in [0.25, 0.3) is 31.9 Å². The number of furan rings is 1. The molecular formula is C20H16N2O3S.